The monoisotopic (exact) mass is 351 g/mol. The van der Waals surface area contributed by atoms with Crippen LogP contribution < -0.4 is 11.3 Å². The molecule has 1 heterocycles. The Morgan fingerprint density at radius 3 is 2.38 bits per heavy atom. The zero-order valence-corrected chi connectivity index (χ0v) is 13.8. The molecule has 3 N–H and O–H groups in total. The normalized spacial score (nSPS) is 10.1. The number of aromatic amines is 1. The van der Waals surface area contributed by atoms with Gasteiger partial charge in [0.25, 0.3) is 5.56 Å². The Bertz CT molecular complexity index is 581. The first kappa shape index (κ1) is 17.6. The second-order valence-electron chi connectivity index (χ2n) is 4.95. The Morgan fingerprint density at radius 2 is 1.71 bits per heavy atom. The summed E-state index contributed by atoms with van der Waals surface area (Å²) in [6.07, 6.45) is 7.42. The zero-order chi connectivity index (χ0) is 14.2. The summed E-state index contributed by atoms with van der Waals surface area (Å²) in [5, 5.41) is 6.16. The molecule has 2 aromatic rings. The number of aryl methyl sites for hydroxylation is 1. The molecule has 0 fully saturated rings. The van der Waals surface area contributed by atoms with E-state index in [2.05, 4.69) is 22.3 Å². The van der Waals surface area contributed by atoms with Crippen LogP contribution in [0.5, 0.6) is 0 Å². The van der Waals surface area contributed by atoms with Gasteiger partial charge in [0.15, 0.2) is 0 Å². The predicted molar refractivity (Wildman–Crippen MR) is 91.8 cm³/mol. The fraction of sp³-hybridized carbons (Fsp3) is 0.375. The van der Waals surface area contributed by atoms with Crippen molar-refractivity contribution in [3.8, 4) is 11.1 Å². The third-order valence-electron chi connectivity index (χ3n) is 3.41. The van der Waals surface area contributed by atoms with Gasteiger partial charge in [-0.1, -0.05) is 37.1 Å². The molecule has 0 spiro atoms. The molecule has 0 unspecified atom stereocenters. The van der Waals surface area contributed by atoms with E-state index in [1.807, 2.05) is 12.1 Å². The summed E-state index contributed by atoms with van der Waals surface area (Å²) in [5.41, 5.74) is 8.23. The van der Waals surface area contributed by atoms with Crippen LogP contribution in [0, 0.1) is 0 Å². The number of benzene rings is 1. The highest BCUT2D eigenvalue weighted by Crippen LogP contribution is 2.16. The third-order valence-corrected chi connectivity index (χ3v) is 3.41. The summed E-state index contributed by atoms with van der Waals surface area (Å²) in [4.78, 5) is 11.6. The third kappa shape index (κ3) is 5.44. The summed E-state index contributed by atoms with van der Waals surface area (Å²) >= 11 is 0. The molecule has 0 bridgehead atoms. The summed E-state index contributed by atoms with van der Waals surface area (Å²) in [6.45, 7) is 0.787. The van der Waals surface area contributed by atoms with Crippen LogP contribution in [0.15, 0.2) is 41.3 Å². The molecule has 4 nitrogen and oxygen atoms in total. The molecule has 1 aromatic carbocycles. The molecule has 5 heteroatoms. The summed E-state index contributed by atoms with van der Waals surface area (Å²) in [7, 11) is 0. The van der Waals surface area contributed by atoms with Crippen molar-refractivity contribution in [3.63, 3.8) is 0 Å². The van der Waals surface area contributed by atoms with Crippen LogP contribution in [0.25, 0.3) is 11.1 Å². The smallest absolute Gasteiger partial charge is 0.272 e. The van der Waals surface area contributed by atoms with E-state index in [-0.39, 0.29) is 22.5 Å². The highest BCUT2D eigenvalue weighted by molar-refractivity contribution is 8.93. The Labute approximate surface area is 135 Å². The molecule has 0 atom stereocenters. The van der Waals surface area contributed by atoms with Gasteiger partial charge in [0.2, 0.25) is 0 Å². The fourth-order valence-corrected chi connectivity index (χ4v) is 2.25. The topological polar surface area (TPSA) is 71.8 Å². The van der Waals surface area contributed by atoms with Gasteiger partial charge in [-0.3, -0.25) is 4.79 Å². The number of nitrogens with zero attached hydrogens (tertiary/aromatic N) is 1. The number of H-pyrrole nitrogens is 1. The van der Waals surface area contributed by atoms with Crippen molar-refractivity contribution >= 4 is 17.0 Å². The van der Waals surface area contributed by atoms with Crippen molar-refractivity contribution in [3.05, 3.63) is 52.4 Å². The van der Waals surface area contributed by atoms with Gasteiger partial charge in [-0.05, 0) is 43.0 Å². The number of rotatable bonds is 7. The number of unbranched alkanes of at least 4 members (excludes halogenated alkanes) is 3. The molecule has 0 saturated carbocycles. The van der Waals surface area contributed by atoms with Crippen LogP contribution in [-0.4, -0.2) is 16.7 Å². The highest BCUT2D eigenvalue weighted by atomic mass is 79.9. The van der Waals surface area contributed by atoms with Crippen molar-refractivity contribution in [2.75, 3.05) is 6.54 Å². The first-order chi connectivity index (χ1) is 9.81. The Hall–Kier alpha value is -1.46. The Balaban J connectivity index is 0.00000220. The number of nitrogens with one attached hydrogen (secondary N) is 1. The molecular formula is C16H22BrN3O. The van der Waals surface area contributed by atoms with E-state index >= 15 is 0 Å². The Kier molecular flexibility index (Phi) is 7.93. The second-order valence-corrected chi connectivity index (χ2v) is 4.95. The van der Waals surface area contributed by atoms with Gasteiger partial charge in [0, 0.05) is 11.8 Å². The number of halogens is 1. The van der Waals surface area contributed by atoms with E-state index in [9.17, 15) is 4.79 Å². The van der Waals surface area contributed by atoms with Crippen LogP contribution in [0.3, 0.4) is 0 Å². The number of aromatic nitrogens is 2. The van der Waals surface area contributed by atoms with Gasteiger partial charge in [-0.2, -0.15) is 5.10 Å². The van der Waals surface area contributed by atoms with Gasteiger partial charge < -0.3 is 5.73 Å². The average molecular weight is 352 g/mol. The molecule has 2 rings (SSSR count). The van der Waals surface area contributed by atoms with Crippen LogP contribution in [0.1, 0.15) is 31.2 Å². The largest absolute Gasteiger partial charge is 0.330 e. The maximum Gasteiger partial charge on any atom is 0.272 e. The molecule has 0 aliphatic rings. The number of hydrogen-bond acceptors (Lipinski definition) is 3. The van der Waals surface area contributed by atoms with E-state index in [1.165, 1.54) is 24.8 Å². The zero-order valence-electron chi connectivity index (χ0n) is 12.0. The van der Waals surface area contributed by atoms with Crippen molar-refractivity contribution in [2.45, 2.75) is 32.1 Å². The molecular weight excluding hydrogens is 330 g/mol. The van der Waals surface area contributed by atoms with Gasteiger partial charge in [-0.25, -0.2) is 5.10 Å². The van der Waals surface area contributed by atoms with Gasteiger partial charge in [0.1, 0.15) is 0 Å². The lowest BCUT2D eigenvalue weighted by molar-refractivity contribution is 0.647. The van der Waals surface area contributed by atoms with Crippen molar-refractivity contribution in [2.24, 2.45) is 5.73 Å². The number of nitrogens with two attached hydrogens (primary N) is 1. The first-order valence-corrected chi connectivity index (χ1v) is 7.14. The molecule has 114 valence electrons. The molecule has 0 amide bonds. The minimum Gasteiger partial charge on any atom is -0.330 e. The lowest BCUT2D eigenvalue weighted by atomic mass is 10.0. The van der Waals surface area contributed by atoms with Gasteiger partial charge in [0.05, 0.1) is 0 Å². The van der Waals surface area contributed by atoms with Crippen LogP contribution in [0.4, 0.5) is 0 Å². The van der Waals surface area contributed by atoms with Crippen molar-refractivity contribution < 1.29 is 0 Å². The van der Waals surface area contributed by atoms with E-state index in [4.69, 9.17) is 5.73 Å². The SMILES string of the molecule is Br.NCCCCCCc1ccc(-c2ccn[nH]c2=O)cc1. The standard InChI is InChI=1S/C16H21N3O.BrH/c17-11-4-2-1-3-5-13-6-8-14(9-7-13)15-10-12-18-19-16(15)20;/h6-10,12H,1-5,11,17H2,(H,19,20);1H. The van der Waals surface area contributed by atoms with Gasteiger partial charge in [-0.15, -0.1) is 17.0 Å². The Morgan fingerprint density at radius 1 is 1.00 bits per heavy atom. The van der Waals surface area contributed by atoms with E-state index < -0.39 is 0 Å². The van der Waals surface area contributed by atoms with E-state index in [0.717, 1.165) is 24.9 Å². The number of hydrogen-bond donors (Lipinski definition) is 2. The van der Waals surface area contributed by atoms with Crippen LogP contribution >= 0.6 is 17.0 Å². The minimum atomic E-state index is -0.151. The molecule has 0 aliphatic carbocycles. The maximum atomic E-state index is 11.6. The molecule has 1 aromatic heterocycles. The lowest BCUT2D eigenvalue weighted by Crippen LogP contribution is -2.09. The highest BCUT2D eigenvalue weighted by Gasteiger charge is 2.02. The van der Waals surface area contributed by atoms with E-state index in [1.54, 1.807) is 12.3 Å². The summed E-state index contributed by atoms with van der Waals surface area (Å²) < 4.78 is 0. The van der Waals surface area contributed by atoms with Crippen molar-refractivity contribution in [1.29, 1.82) is 0 Å². The van der Waals surface area contributed by atoms with Crippen LogP contribution in [-0.2, 0) is 6.42 Å². The molecule has 0 radical (unpaired) electrons. The lowest BCUT2D eigenvalue weighted by Gasteiger charge is -2.04. The fourth-order valence-electron chi connectivity index (χ4n) is 2.25. The van der Waals surface area contributed by atoms with E-state index in [0.29, 0.717) is 5.56 Å². The quantitative estimate of drug-likeness (QED) is 0.753. The summed E-state index contributed by atoms with van der Waals surface area (Å²) in [5.74, 6) is 0. The molecule has 0 aliphatic heterocycles. The van der Waals surface area contributed by atoms with Crippen molar-refractivity contribution in [1.82, 2.24) is 10.2 Å². The molecule has 0 saturated heterocycles. The predicted octanol–water partition coefficient (Wildman–Crippen LogP) is 3.08. The molecule has 21 heavy (non-hydrogen) atoms. The minimum absolute atomic E-state index is 0. The van der Waals surface area contributed by atoms with Gasteiger partial charge >= 0.3 is 0 Å². The van der Waals surface area contributed by atoms with Crippen LogP contribution in [0.2, 0.25) is 0 Å². The second kappa shape index (κ2) is 9.47. The summed E-state index contributed by atoms with van der Waals surface area (Å²) in [6, 6.07) is 9.93. The maximum absolute atomic E-state index is 11.6. The average Bonchev–Trinajstić information content (AvgIpc) is 2.48. The first-order valence-electron chi connectivity index (χ1n) is 7.14.